The van der Waals surface area contributed by atoms with E-state index in [1.165, 1.54) is 14.2 Å². The van der Waals surface area contributed by atoms with Gasteiger partial charge in [0.25, 0.3) is 11.8 Å². The van der Waals surface area contributed by atoms with E-state index < -0.39 is 5.91 Å². The fourth-order valence-electron chi connectivity index (χ4n) is 3.21. The number of benzene rings is 1. The summed E-state index contributed by atoms with van der Waals surface area (Å²) < 4.78 is 16.0. The van der Waals surface area contributed by atoms with Gasteiger partial charge in [-0.05, 0) is 38.3 Å². The molecule has 2 unspecified atom stereocenters. The number of likely N-dealkylation sites (tertiary alicyclic amines) is 1. The first kappa shape index (κ1) is 22.9. The molecule has 1 aliphatic rings. The van der Waals surface area contributed by atoms with Gasteiger partial charge in [0.05, 0.1) is 14.2 Å². The number of rotatable bonds is 7. The summed E-state index contributed by atoms with van der Waals surface area (Å²) in [6.45, 7) is 2.26. The molecule has 152 valence electrons. The van der Waals surface area contributed by atoms with Crippen LogP contribution in [0.25, 0.3) is 0 Å². The highest BCUT2D eigenvalue weighted by atomic mass is 35.5. The van der Waals surface area contributed by atoms with Gasteiger partial charge in [-0.1, -0.05) is 0 Å². The lowest BCUT2D eigenvalue weighted by molar-refractivity contribution is -0.120. The van der Waals surface area contributed by atoms with Gasteiger partial charge < -0.3 is 30.6 Å². The fourth-order valence-corrected chi connectivity index (χ4v) is 3.21. The molecule has 0 radical (unpaired) electrons. The maximum Gasteiger partial charge on any atom is 0.255 e. The van der Waals surface area contributed by atoms with Crippen molar-refractivity contribution in [1.29, 1.82) is 0 Å². The maximum atomic E-state index is 13.1. The molecule has 1 aromatic rings. The van der Waals surface area contributed by atoms with E-state index in [0.29, 0.717) is 23.6 Å². The summed E-state index contributed by atoms with van der Waals surface area (Å²) in [5.74, 6) is 0.0618. The van der Waals surface area contributed by atoms with Gasteiger partial charge in [0.2, 0.25) is 5.75 Å². The topological polar surface area (TPSA) is 117 Å². The molecule has 2 rings (SSSR count). The van der Waals surface area contributed by atoms with Gasteiger partial charge in [-0.2, -0.15) is 0 Å². The monoisotopic (exact) mass is 401 g/mol. The first-order valence-electron chi connectivity index (χ1n) is 8.62. The Kier molecular flexibility index (Phi) is 8.65. The van der Waals surface area contributed by atoms with Crippen LogP contribution in [0.15, 0.2) is 12.1 Å². The third kappa shape index (κ3) is 5.40. The van der Waals surface area contributed by atoms with Gasteiger partial charge in [-0.15, -0.1) is 12.4 Å². The van der Waals surface area contributed by atoms with Crippen molar-refractivity contribution >= 4 is 24.2 Å². The Morgan fingerprint density at radius 2 is 1.81 bits per heavy atom. The number of amides is 2. The Morgan fingerprint density at radius 1 is 1.22 bits per heavy atom. The summed E-state index contributed by atoms with van der Waals surface area (Å²) in [5, 5.41) is 0. The summed E-state index contributed by atoms with van der Waals surface area (Å²) in [6, 6.07) is 3.04. The van der Waals surface area contributed by atoms with Crippen molar-refractivity contribution in [2.24, 2.45) is 11.5 Å². The second kappa shape index (κ2) is 10.2. The predicted molar refractivity (Wildman–Crippen MR) is 104 cm³/mol. The molecule has 27 heavy (non-hydrogen) atoms. The number of methoxy groups -OCH3 is 2. The van der Waals surface area contributed by atoms with Crippen LogP contribution in [-0.4, -0.2) is 56.2 Å². The maximum absolute atomic E-state index is 13.1. The molecule has 8 nitrogen and oxygen atoms in total. The zero-order valence-electron chi connectivity index (χ0n) is 15.9. The summed E-state index contributed by atoms with van der Waals surface area (Å²) in [7, 11) is 2.90. The predicted octanol–water partition coefficient (Wildman–Crippen LogP) is 1.33. The molecule has 2 atom stereocenters. The lowest BCUT2D eigenvalue weighted by atomic mass is 9.96. The highest BCUT2D eigenvalue weighted by molar-refractivity contribution is 5.96. The van der Waals surface area contributed by atoms with Crippen LogP contribution in [0, 0.1) is 0 Å². The van der Waals surface area contributed by atoms with Gasteiger partial charge in [-0.25, -0.2) is 0 Å². The van der Waals surface area contributed by atoms with E-state index >= 15 is 0 Å². The van der Waals surface area contributed by atoms with Crippen LogP contribution in [0.1, 0.15) is 36.5 Å². The smallest absolute Gasteiger partial charge is 0.255 e. The molecule has 0 aromatic heterocycles. The Labute approximate surface area is 165 Å². The molecule has 1 aromatic carbocycles. The minimum atomic E-state index is -0.623. The summed E-state index contributed by atoms with van der Waals surface area (Å²) in [5.41, 5.74) is 11.6. The highest BCUT2D eigenvalue weighted by Gasteiger charge is 2.31. The van der Waals surface area contributed by atoms with E-state index in [2.05, 4.69) is 0 Å². The molecule has 0 saturated carbocycles. The van der Waals surface area contributed by atoms with Gasteiger partial charge >= 0.3 is 0 Å². The number of nitrogens with zero attached hydrogens (tertiary/aromatic N) is 1. The van der Waals surface area contributed by atoms with E-state index in [1.807, 2.05) is 11.8 Å². The average Bonchev–Trinajstić information content (AvgIpc) is 2.64. The average molecular weight is 402 g/mol. The van der Waals surface area contributed by atoms with Crippen molar-refractivity contribution in [3.05, 3.63) is 17.7 Å². The third-order valence-electron chi connectivity index (χ3n) is 4.48. The van der Waals surface area contributed by atoms with E-state index in [4.69, 9.17) is 25.7 Å². The minimum Gasteiger partial charge on any atom is -0.493 e. The SMILES string of the molecule is COc1cc(C(=O)N2CCCCC2C(C)N)cc(OC)c1OCC(N)=O.Cl. The third-order valence-corrected chi connectivity index (χ3v) is 4.48. The number of carbonyl (C=O) groups is 2. The number of nitrogens with two attached hydrogens (primary N) is 2. The van der Waals surface area contributed by atoms with Crippen LogP contribution in [0.2, 0.25) is 0 Å². The van der Waals surface area contributed by atoms with Crippen LogP contribution < -0.4 is 25.7 Å². The van der Waals surface area contributed by atoms with E-state index in [1.54, 1.807) is 12.1 Å². The Morgan fingerprint density at radius 3 is 2.30 bits per heavy atom. The first-order valence-corrected chi connectivity index (χ1v) is 8.62. The van der Waals surface area contributed by atoms with Crippen LogP contribution in [0.4, 0.5) is 0 Å². The number of primary amides is 1. The number of hydrogen-bond donors (Lipinski definition) is 2. The lowest BCUT2D eigenvalue weighted by Gasteiger charge is -2.38. The van der Waals surface area contributed by atoms with E-state index in [9.17, 15) is 9.59 Å². The molecular formula is C18H28ClN3O5. The first-order chi connectivity index (χ1) is 12.4. The van der Waals surface area contributed by atoms with Crippen molar-refractivity contribution in [2.45, 2.75) is 38.3 Å². The molecule has 1 fully saturated rings. The van der Waals surface area contributed by atoms with E-state index in [-0.39, 0.29) is 42.8 Å². The van der Waals surface area contributed by atoms with Crippen molar-refractivity contribution < 1.29 is 23.8 Å². The summed E-state index contributed by atoms with van der Waals surface area (Å²) in [4.78, 5) is 25.9. The zero-order chi connectivity index (χ0) is 19.3. The molecular weight excluding hydrogens is 374 g/mol. The molecule has 0 aliphatic carbocycles. The van der Waals surface area contributed by atoms with Crippen molar-refractivity contribution in [1.82, 2.24) is 4.90 Å². The second-order valence-corrected chi connectivity index (χ2v) is 6.39. The van der Waals surface area contributed by atoms with E-state index in [0.717, 1.165) is 19.3 Å². The molecule has 1 aliphatic heterocycles. The normalized spacial score (nSPS) is 17.5. The molecule has 1 saturated heterocycles. The zero-order valence-corrected chi connectivity index (χ0v) is 16.7. The van der Waals surface area contributed by atoms with Gasteiger partial charge in [-0.3, -0.25) is 9.59 Å². The molecule has 1 heterocycles. The number of halogens is 1. The minimum absolute atomic E-state index is 0. The standard InChI is InChI=1S/C18H27N3O5.ClH/c1-11(19)13-6-4-5-7-21(13)18(23)12-8-14(24-2)17(15(9-12)25-3)26-10-16(20)22;/h8-9,11,13H,4-7,10,19H2,1-3H3,(H2,20,22);1H. The van der Waals surface area contributed by atoms with Gasteiger partial charge in [0.15, 0.2) is 18.1 Å². The molecule has 9 heteroatoms. The Bertz CT molecular complexity index is 643. The molecule has 2 amide bonds. The fraction of sp³-hybridized carbons (Fsp3) is 0.556. The van der Waals surface area contributed by atoms with Crippen molar-refractivity contribution in [3.63, 3.8) is 0 Å². The highest BCUT2D eigenvalue weighted by Crippen LogP contribution is 2.39. The number of piperidine rings is 1. The van der Waals surface area contributed by atoms with Crippen LogP contribution in [0.3, 0.4) is 0 Å². The molecule has 4 N–H and O–H groups in total. The van der Waals surface area contributed by atoms with Crippen molar-refractivity contribution in [2.75, 3.05) is 27.4 Å². The number of hydrogen-bond acceptors (Lipinski definition) is 6. The van der Waals surface area contributed by atoms with Gasteiger partial charge in [0.1, 0.15) is 0 Å². The van der Waals surface area contributed by atoms with Crippen LogP contribution in [0.5, 0.6) is 17.2 Å². The Hall–Kier alpha value is -2.19. The summed E-state index contributed by atoms with van der Waals surface area (Å²) >= 11 is 0. The largest absolute Gasteiger partial charge is 0.493 e. The summed E-state index contributed by atoms with van der Waals surface area (Å²) in [6.07, 6.45) is 2.89. The Balaban J connectivity index is 0.00000364. The number of ether oxygens (including phenoxy) is 3. The number of carbonyl (C=O) groups excluding carboxylic acids is 2. The lowest BCUT2D eigenvalue weighted by Crippen LogP contribution is -2.51. The second-order valence-electron chi connectivity index (χ2n) is 6.39. The van der Waals surface area contributed by atoms with Gasteiger partial charge in [0, 0.05) is 24.2 Å². The van der Waals surface area contributed by atoms with Crippen molar-refractivity contribution in [3.8, 4) is 17.2 Å². The van der Waals surface area contributed by atoms with Crippen LogP contribution in [-0.2, 0) is 4.79 Å². The molecule has 0 spiro atoms. The molecule has 0 bridgehead atoms. The quantitative estimate of drug-likeness (QED) is 0.711. The van der Waals surface area contributed by atoms with Crippen LogP contribution >= 0.6 is 12.4 Å².